The van der Waals surface area contributed by atoms with Gasteiger partial charge < -0.3 is 23.5 Å². The molecule has 9 nitrogen and oxygen atoms in total. The second kappa shape index (κ2) is 9.95. The number of carbonyl (C=O) groups is 2. The predicted molar refractivity (Wildman–Crippen MR) is 146 cm³/mol. The fourth-order valence-electron chi connectivity index (χ4n) is 4.86. The molecule has 0 atom stereocenters. The van der Waals surface area contributed by atoms with Gasteiger partial charge in [0, 0.05) is 69.6 Å². The second-order valence-corrected chi connectivity index (χ2v) is 11.3. The number of nitrogens with zero attached hydrogens (tertiary/aromatic N) is 4. The monoisotopic (exact) mass is 536 g/mol. The molecular weight excluding hydrogens is 502 g/mol. The standard InChI is InChI=1S/C28H34BFN4O5/c1-27(2)28(3,4)39-29(38-27)21-15-19(24(30)20-16-22(37-25(20)21)26(36)32(5)6)18-9-7-12-33(17-18)23(35)10-14-34-13-8-11-31-34/h8-9,11,13,15-16H,7,10,12,14,17H2,1-6H3. The number of amides is 2. The Bertz CT molecular complexity index is 1430. The van der Waals surface area contributed by atoms with Gasteiger partial charge in [-0.15, -0.1) is 0 Å². The maximum absolute atomic E-state index is 16.1. The van der Waals surface area contributed by atoms with Crippen LogP contribution in [0.4, 0.5) is 4.39 Å². The molecule has 1 aromatic carbocycles. The van der Waals surface area contributed by atoms with E-state index >= 15 is 4.39 Å². The molecule has 2 aliphatic rings. The summed E-state index contributed by atoms with van der Waals surface area (Å²) < 4.78 is 36.4. The van der Waals surface area contributed by atoms with Gasteiger partial charge in [0.05, 0.1) is 16.6 Å². The lowest BCUT2D eigenvalue weighted by molar-refractivity contribution is -0.131. The lowest BCUT2D eigenvalue weighted by atomic mass is 9.76. The van der Waals surface area contributed by atoms with Crippen molar-refractivity contribution >= 4 is 40.9 Å². The Morgan fingerprint density at radius 1 is 1.15 bits per heavy atom. The van der Waals surface area contributed by atoms with Gasteiger partial charge in [0.15, 0.2) is 5.76 Å². The zero-order valence-electron chi connectivity index (χ0n) is 23.3. The summed E-state index contributed by atoms with van der Waals surface area (Å²) >= 11 is 0. The summed E-state index contributed by atoms with van der Waals surface area (Å²) in [5.74, 6) is -0.885. The smallest absolute Gasteiger partial charge is 0.451 e. The first-order valence-electron chi connectivity index (χ1n) is 13.2. The van der Waals surface area contributed by atoms with Crippen molar-refractivity contribution in [2.75, 3.05) is 27.2 Å². The maximum Gasteiger partial charge on any atom is 0.498 e. The molecule has 0 saturated carbocycles. The number of benzene rings is 1. The van der Waals surface area contributed by atoms with Crippen LogP contribution in [0.2, 0.25) is 0 Å². The summed E-state index contributed by atoms with van der Waals surface area (Å²) in [7, 11) is 2.38. The van der Waals surface area contributed by atoms with E-state index in [4.69, 9.17) is 13.7 Å². The van der Waals surface area contributed by atoms with Gasteiger partial charge >= 0.3 is 7.12 Å². The van der Waals surface area contributed by atoms with Crippen LogP contribution in [0.25, 0.3) is 16.5 Å². The molecule has 0 bridgehead atoms. The van der Waals surface area contributed by atoms with E-state index in [1.54, 1.807) is 35.9 Å². The number of hydrogen-bond donors (Lipinski definition) is 0. The second-order valence-electron chi connectivity index (χ2n) is 11.3. The molecule has 2 amide bonds. The number of hydrogen-bond acceptors (Lipinski definition) is 6. The molecule has 2 aromatic heterocycles. The number of furan rings is 1. The summed E-state index contributed by atoms with van der Waals surface area (Å²) in [6, 6.07) is 4.93. The molecule has 1 saturated heterocycles. The molecule has 4 heterocycles. The van der Waals surface area contributed by atoms with E-state index in [2.05, 4.69) is 5.10 Å². The quantitative estimate of drug-likeness (QED) is 0.449. The van der Waals surface area contributed by atoms with Gasteiger partial charge in [0.2, 0.25) is 5.91 Å². The molecule has 5 rings (SSSR count). The first kappa shape index (κ1) is 27.1. The Morgan fingerprint density at radius 2 is 1.87 bits per heavy atom. The Kier molecular flexibility index (Phi) is 6.92. The van der Waals surface area contributed by atoms with Crippen molar-refractivity contribution < 1.29 is 27.7 Å². The van der Waals surface area contributed by atoms with Crippen LogP contribution in [-0.2, 0) is 20.6 Å². The van der Waals surface area contributed by atoms with Crippen molar-refractivity contribution in [3.8, 4) is 0 Å². The third-order valence-corrected chi connectivity index (χ3v) is 7.85. The summed E-state index contributed by atoms with van der Waals surface area (Å²) in [5.41, 5.74) is 0.475. The minimum Gasteiger partial charge on any atom is -0.451 e. The van der Waals surface area contributed by atoms with Crippen LogP contribution in [0.1, 0.15) is 56.7 Å². The zero-order valence-corrected chi connectivity index (χ0v) is 23.3. The van der Waals surface area contributed by atoms with Crippen LogP contribution in [0.15, 0.2) is 41.1 Å². The third-order valence-electron chi connectivity index (χ3n) is 7.85. The SMILES string of the molecule is CN(C)C(=O)c1cc2c(F)c(C3=CCCN(C(=O)CCn4cccn4)C3)cc(B3OC(C)(C)C(C)(C)O3)c2o1. The number of halogens is 1. The summed E-state index contributed by atoms with van der Waals surface area (Å²) in [4.78, 5) is 28.8. The summed E-state index contributed by atoms with van der Waals surface area (Å²) in [6.45, 7) is 9.06. The number of rotatable bonds is 6. The van der Waals surface area contributed by atoms with E-state index in [9.17, 15) is 9.59 Å². The van der Waals surface area contributed by atoms with E-state index in [1.165, 1.54) is 11.0 Å². The Morgan fingerprint density at radius 3 is 2.51 bits per heavy atom. The average molecular weight is 536 g/mol. The fourth-order valence-corrected chi connectivity index (χ4v) is 4.86. The molecule has 0 unspecified atom stereocenters. The van der Waals surface area contributed by atoms with Gasteiger partial charge in [0.1, 0.15) is 11.4 Å². The molecule has 3 aromatic rings. The van der Waals surface area contributed by atoms with Crippen LogP contribution in [0.5, 0.6) is 0 Å². The Labute approximate surface area is 227 Å². The van der Waals surface area contributed by atoms with Crippen molar-refractivity contribution in [1.29, 1.82) is 0 Å². The van der Waals surface area contributed by atoms with Gasteiger partial charge in [-0.2, -0.15) is 5.10 Å². The van der Waals surface area contributed by atoms with Gasteiger partial charge in [-0.3, -0.25) is 14.3 Å². The number of aromatic nitrogens is 2. The third kappa shape index (κ3) is 5.01. The fraction of sp³-hybridized carbons (Fsp3) is 0.464. The van der Waals surface area contributed by atoms with E-state index in [1.807, 2.05) is 46.0 Å². The minimum absolute atomic E-state index is 0.0223. The predicted octanol–water partition coefficient (Wildman–Crippen LogP) is 3.48. The normalized spacial score (nSPS) is 18.5. The van der Waals surface area contributed by atoms with Crippen molar-refractivity contribution in [3.05, 3.63) is 53.8 Å². The lowest BCUT2D eigenvalue weighted by Crippen LogP contribution is -2.41. The molecular formula is C28H34BFN4O5. The topological polar surface area (TPSA) is 90.0 Å². The highest BCUT2D eigenvalue weighted by atomic mass is 19.1. The van der Waals surface area contributed by atoms with Crippen molar-refractivity contribution in [2.24, 2.45) is 0 Å². The van der Waals surface area contributed by atoms with Crippen LogP contribution >= 0.6 is 0 Å². The molecule has 2 aliphatic heterocycles. The highest BCUT2D eigenvalue weighted by molar-refractivity contribution is 6.65. The lowest BCUT2D eigenvalue weighted by Gasteiger charge is -2.32. The highest BCUT2D eigenvalue weighted by Gasteiger charge is 2.52. The van der Waals surface area contributed by atoms with Crippen LogP contribution < -0.4 is 5.46 Å². The molecule has 1 fully saturated rings. The number of fused-ring (bicyclic) bond motifs is 1. The summed E-state index contributed by atoms with van der Waals surface area (Å²) in [5, 5.41) is 4.33. The maximum atomic E-state index is 16.1. The molecule has 0 aliphatic carbocycles. The zero-order chi connectivity index (χ0) is 28.1. The number of carbonyl (C=O) groups excluding carboxylic acids is 2. The first-order chi connectivity index (χ1) is 18.4. The molecule has 11 heteroatoms. The van der Waals surface area contributed by atoms with Gasteiger partial charge in [0.25, 0.3) is 5.91 Å². The van der Waals surface area contributed by atoms with E-state index in [-0.39, 0.29) is 35.1 Å². The van der Waals surface area contributed by atoms with Gasteiger partial charge in [-0.1, -0.05) is 6.08 Å². The molecule has 0 radical (unpaired) electrons. The van der Waals surface area contributed by atoms with Crippen molar-refractivity contribution in [1.82, 2.24) is 19.6 Å². The highest BCUT2D eigenvalue weighted by Crippen LogP contribution is 2.38. The summed E-state index contributed by atoms with van der Waals surface area (Å²) in [6.07, 6.45) is 6.35. The molecule has 0 N–H and O–H groups in total. The van der Waals surface area contributed by atoms with Gasteiger partial charge in [-0.05, 0) is 51.8 Å². The van der Waals surface area contributed by atoms with Crippen LogP contribution in [0.3, 0.4) is 0 Å². The minimum atomic E-state index is -0.832. The Balaban J connectivity index is 1.52. The average Bonchev–Trinajstić information content (AvgIpc) is 3.61. The molecule has 39 heavy (non-hydrogen) atoms. The molecule has 206 valence electrons. The van der Waals surface area contributed by atoms with Crippen molar-refractivity contribution in [2.45, 2.75) is 58.3 Å². The van der Waals surface area contributed by atoms with Crippen LogP contribution in [0, 0.1) is 5.82 Å². The number of aryl methyl sites for hydroxylation is 1. The molecule has 0 spiro atoms. The first-order valence-corrected chi connectivity index (χ1v) is 13.2. The van der Waals surface area contributed by atoms with Crippen molar-refractivity contribution in [3.63, 3.8) is 0 Å². The Hall–Kier alpha value is -3.44. The van der Waals surface area contributed by atoms with Crippen LogP contribution in [-0.4, -0.2) is 76.9 Å². The largest absolute Gasteiger partial charge is 0.498 e. The van der Waals surface area contributed by atoms with E-state index in [0.29, 0.717) is 42.5 Å². The van der Waals surface area contributed by atoms with E-state index < -0.39 is 24.1 Å². The van der Waals surface area contributed by atoms with E-state index in [0.717, 1.165) is 0 Å². The van der Waals surface area contributed by atoms with Gasteiger partial charge in [-0.25, -0.2) is 4.39 Å².